The topological polar surface area (TPSA) is 124 Å². The Morgan fingerprint density at radius 2 is 1.93 bits per heavy atom. The molecule has 0 bridgehead atoms. The van der Waals surface area contributed by atoms with Crippen LogP contribution < -0.4 is 10.1 Å². The number of benzene rings is 2. The molecule has 2 saturated heterocycles. The lowest BCUT2D eigenvalue weighted by Crippen LogP contribution is -2.51. The lowest BCUT2D eigenvalue weighted by Gasteiger charge is -2.31. The molecule has 2 N–H and O–H groups in total. The van der Waals surface area contributed by atoms with Crippen molar-refractivity contribution >= 4 is 16.1 Å². The number of hydrogen-bond acceptors (Lipinski definition) is 8. The van der Waals surface area contributed by atoms with E-state index in [9.17, 15) is 18.3 Å². The number of aliphatic hydroxyl groups excluding tert-OH is 1. The largest absolute Gasteiger partial charge is 0.493 e. The number of nitrogens with zero attached hydrogens (tertiary/aromatic N) is 1. The Hall–Kier alpha value is -2.70. The van der Waals surface area contributed by atoms with Crippen LogP contribution >= 0.6 is 0 Å². The summed E-state index contributed by atoms with van der Waals surface area (Å²) in [5.74, 6) is 0.685. The second-order valence-corrected chi connectivity index (χ2v) is 13.0. The van der Waals surface area contributed by atoms with Crippen LogP contribution in [0.15, 0.2) is 53.4 Å². The van der Waals surface area contributed by atoms with Crippen molar-refractivity contribution in [2.24, 2.45) is 11.8 Å². The van der Waals surface area contributed by atoms with Gasteiger partial charge in [0.15, 0.2) is 6.29 Å². The lowest BCUT2D eigenvalue weighted by atomic mass is 10.0. The molecule has 0 radical (unpaired) electrons. The van der Waals surface area contributed by atoms with Crippen LogP contribution in [0.25, 0.3) is 0 Å². The third-order valence-electron chi connectivity index (χ3n) is 7.57. The van der Waals surface area contributed by atoms with Gasteiger partial charge in [-0.25, -0.2) is 13.2 Å². The first-order chi connectivity index (χ1) is 19.2. The van der Waals surface area contributed by atoms with Crippen LogP contribution in [0.5, 0.6) is 5.75 Å². The minimum absolute atomic E-state index is 0.00850. The molecule has 2 aromatic rings. The van der Waals surface area contributed by atoms with Crippen molar-refractivity contribution in [1.82, 2.24) is 9.62 Å². The van der Waals surface area contributed by atoms with Gasteiger partial charge in [-0.15, -0.1) is 0 Å². The fourth-order valence-corrected chi connectivity index (χ4v) is 7.18. The number of alkyl carbamates (subject to hydrolysis) is 1. The summed E-state index contributed by atoms with van der Waals surface area (Å²) in [5.41, 5.74) is 1.74. The van der Waals surface area contributed by atoms with E-state index in [4.69, 9.17) is 18.9 Å². The monoisotopic (exact) mass is 574 g/mol. The first-order valence-electron chi connectivity index (χ1n) is 13.9. The smallest absolute Gasteiger partial charge is 0.407 e. The van der Waals surface area contributed by atoms with Crippen molar-refractivity contribution in [3.8, 4) is 5.75 Å². The molecular formula is C29H38N2O8S. The standard InChI is InChI=1S/C29H38N2O8S/c1-19(2)16-31(40(34,35)22-8-9-26-21(15-22)10-12-36-26)17-25(32)24(14-20-6-4-3-5-7-20)30-29(33)39-27-18-38-28-23(27)11-13-37-28/h3-9,15,19,23-25,27-28,32H,10-14,16-18H2,1-2H3,(H,30,33)/t23?,24-,25+,27-,28?/m0/s1. The van der Waals surface area contributed by atoms with Crippen LogP contribution in [0.3, 0.4) is 0 Å². The van der Waals surface area contributed by atoms with E-state index in [0.29, 0.717) is 31.8 Å². The maximum Gasteiger partial charge on any atom is 0.407 e. The molecular weight excluding hydrogens is 536 g/mol. The molecule has 0 aliphatic carbocycles. The Morgan fingerprint density at radius 1 is 1.12 bits per heavy atom. The van der Waals surface area contributed by atoms with Gasteiger partial charge in [0.1, 0.15) is 11.9 Å². The van der Waals surface area contributed by atoms with E-state index in [0.717, 1.165) is 17.5 Å². The minimum Gasteiger partial charge on any atom is -0.493 e. The van der Waals surface area contributed by atoms with Crippen LogP contribution in [-0.4, -0.2) is 81.4 Å². The van der Waals surface area contributed by atoms with Crippen molar-refractivity contribution < 1.29 is 37.3 Å². The highest BCUT2D eigenvalue weighted by atomic mass is 32.2. The number of nitrogens with one attached hydrogen (secondary N) is 1. The van der Waals surface area contributed by atoms with Crippen LogP contribution in [0.4, 0.5) is 4.79 Å². The normalized spacial score (nSPS) is 23.5. The molecule has 2 fully saturated rings. The van der Waals surface area contributed by atoms with Crippen molar-refractivity contribution in [1.29, 1.82) is 0 Å². The minimum atomic E-state index is -3.93. The maximum atomic E-state index is 13.8. The molecule has 3 aliphatic heterocycles. The van der Waals surface area contributed by atoms with Gasteiger partial charge in [0, 0.05) is 19.5 Å². The Kier molecular flexibility index (Phi) is 8.96. The average molecular weight is 575 g/mol. The number of fused-ring (bicyclic) bond motifs is 2. The van der Waals surface area contributed by atoms with Gasteiger partial charge in [0.2, 0.25) is 10.0 Å². The zero-order valence-corrected chi connectivity index (χ0v) is 23.7. The van der Waals surface area contributed by atoms with E-state index in [-0.39, 0.29) is 42.7 Å². The van der Waals surface area contributed by atoms with E-state index >= 15 is 0 Å². The third kappa shape index (κ3) is 6.60. The van der Waals surface area contributed by atoms with Crippen LogP contribution in [-0.2, 0) is 37.1 Å². The zero-order valence-electron chi connectivity index (χ0n) is 22.9. The van der Waals surface area contributed by atoms with E-state index in [1.165, 1.54) is 4.31 Å². The van der Waals surface area contributed by atoms with Crippen LogP contribution in [0.2, 0.25) is 0 Å². The second kappa shape index (κ2) is 12.4. The summed E-state index contributed by atoms with van der Waals surface area (Å²) in [4.78, 5) is 13.2. The summed E-state index contributed by atoms with van der Waals surface area (Å²) in [6.07, 6.45) is -1.00. The quantitative estimate of drug-likeness (QED) is 0.420. The van der Waals surface area contributed by atoms with Crippen molar-refractivity contribution in [3.63, 3.8) is 0 Å². The summed E-state index contributed by atoms with van der Waals surface area (Å²) < 4.78 is 51.2. The number of carbonyl (C=O) groups is 1. The highest BCUT2D eigenvalue weighted by molar-refractivity contribution is 7.89. The number of carbonyl (C=O) groups excluding carboxylic acids is 1. The summed E-state index contributed by atoms with van der Waals surface area (Å²) >= 11 is 0. The van der Waals surface area contributed by atoms with E-state index in [1.54, 1.807) is 18.2 Å². The first kappa shape index (κ1) is 28.8. The SMILES string of the molecule is CC(C)CN(C[C@@H](O)[C@H](Cc1ccccc1)NC(=O)O[C@H]1COC2OCCC21)S(=O)(=O)c1ccc2c(c1)CCO2. The Balaban J connectivity index is 1.33. The maximum absolute atomic E-state index is 13.8. The van der Waals surface area contributed by atoms with Crippen molar-refractivity contribution in [3.05, 3.63) is 59.7 Å². The fourth-order valence-electron chi connectivity index (χ4n) is 5.51. The molecule has 0 spiro atoms. The lowest BCUT2D eigenvalue weighted by molar-refractivity contribution is -0.0907. The van der Waals surface area contributed by atoms with Gasteiger partial charge in [-0.1, -0.05) is 44.2 Å². The molecule has 5 rings (SSSR count). The number of amides is 1. The molecule has 11 heteroatoms. The van der Waals surface area contributed by atoms with Gasteiger partial charge in [-0.3, -0.25) is 0 Å². The van der Waals surface area contributed by atoms with Crippen LogP contribution in [0, 0.1) is 11.8 Å². The molecule has 5 atom stereocenters. The fraction of sp³-hybridized carbons (Fsp3) is 0.552. The van der Waals surface area contributed by atoms with Gasteiger partial charge in [0.25, 0.3) is 0 Å². The number of ether oxygens (including phenoxy) is 4. The molecule has 3 heterocycles. The summed E-state index contributed by atoms with van der Waals surface area (Å²) in [7, 11) is -3.93. The van der Waals surface area contributed by atoms with E-state index in [1.807, 2.05) is 44.2 Å². The number of rotatable bonds is 11. The first-order valence-corrected chi connectivity index (χ1v) is 15.3. The van der Waals surface area contributed by atoms with Gasteiger partial charge in [-0.2, -0.15) is 4.31 Å². The van der Waals surface area contributed by atoms with Gasteiger partial charge < -0.3 is 29.4 Å². The number of sulfonamides is 1. The van der Waals surface area contributed by atoms with Crippen molar-refractivity contribution in [2.45, 2.75) is 62.5 Å². The molecule has 3 aliphatic rings. The van der Waals surface area contributed by atoms with Gasteiger partial charge >= 0.3 is 6.09 Å². The summed E-state index contributed by atoms with van der Waals surface area (Å²) in [6, 6.07) is 13.5. The van der Waals surface area contributed by atoms with Crippen LogP contribution in [0.1, 0.15) is 31.4 Å². The Labute approximate surface area is 235 Å². The molecule has 10 nitrogen and oxygen atoms in total. The molecule has 2 aromatic carbocycles. The predicted molar refractivity (Wildman–Crippen MR) is 146 cm³/mol. The van der Waals surface area contributed by atoms with E-state index in [2.05, 4.69) is 5.32 Å². The molecule has 1 amide bonds. The number of hydrogen-bond donors (Lipinski definition) is 2. The summed E-state index contributed by atoms with van der Waals surface area (Å²) in [5, 5.41) is 14.2. The molecule has 218 valence electrons. The number of aliphatic hydroxyl groups is 1. The van der Waals surface area contributed by atoms with Gasteiger partial charge in [-0.05, 0) is 48.1 Å². The van der Waals surface area contributed by atoms with E-state index < -0.39 is 34.4 Å². The average Bonchev–Trinajstić information content (AvgIpc) is 3.66. The highest BCUT2D eigenvalue weighted by Crippen LogP contribution is 2.33. The molecule has 0 saturated carbocycles. The summed E-state index contributed by atoms with van der Waals surface area (Å²) in [6.45, 7) is 5.19. The van der Waals surface area contributed by atoms with Crippen molar-refractivity contribution in [2.75, 3.05) is 32.9 Å². The Morgan fingerprint density at radius 3 is 2.70 bits per heavy atom. The van der Waals surface area contributed by atoms with Gasteiger partial charge in [0.05, 0.1) is 42.8 Å². The molecule has 0 aromatic heterocycles. The second-order valence-electron chi connectivity index (χ2n) is 11.1. The Bertz CT molecular complexity index is 1270. The zero-order chi connectivity index (χ0) is 28.3. The third-order valence-corrected chi connectivity index (χ3v) is 9.40. The molecule has 40 heavy (non-hydrogen) atoms. The predicted octanol–water partition coefficient (Wildman–Crippen LogP) is 2.73. The molecule has 2 unspecified atom stereocenters. The highest BCUT2D eigenvalue weighted by Gasteiger charge is 2.44.